The zero-order valence-corrected chi connectivity index (χ0v) is 14.3. The van der Waals surface area contributed by atoms with Gasteiger partial charge in [0, 0.05) is 21.9 Å². The van der Waals surface area contributed by atoms with Gasteiger partial charge in [-0.3, -0.25) is 4.90 Å². The Kier molecular flexibility index (Phi) is 5.78. The van der Waals surface area contributed by atoms with Crippen molar-refractivity contribution in [3.8, 4) is 0 Å². The van der Waals surface area contributed by atoms with Gasteiger partial charge in [-0.15, -0.1) is 11.3 Å². The van der Waals surface area contributed by atoms with Crippen molar-refractivity contribution in [2.24, 2.45) is 5.73 Å². The minimum Gasteiger partial charge on any atom is -0.326 e. The Morgan fingerprint density at radius 1 is 1.25 bits per heavy atom. The van der Waals surface area contributed by atoms with Gasteiger partial charge in [-0.05, 0) is 42.6 Å². The number of halogens is 1. The van der Waals surface area contributed by atoms with E-state index in [1.807, 2.05) is 0 Å². The average Bonchev–Trinajstić information content (AvgIpc) is 2.95. The van der Waals surface area contributed by atoms with Crippen LogP contribution in [0.5, 0.6) is 0 Å². The van der Waals surface area contributed by atoms with Crippen molar-refractivity contribution in [3.05, 3.63) is 56.7 Å². The smallest absolute Gasteiger partial charge is 0.0593 e. The molecule has 4 heteroatoms. The summed E-state index contributed by atoms with van der Waals surface area (Å²) >= 11 is 5.26. The SMILES string of the molecule is CCC(N)C(c1cccs1)N(C)Cc1ccc(Br)cc1. The van der Waals surface area contributed by atoms with E-state index in [1.54, 1.807) is 11.3 Å². The maximum Gasteiger partial charge on any atom is 0.0593 e. The first-order valence-corrected chi connectivity index (χ1v) is 8.52. The lowest BCUT2D eigenvalue weighted by atomic mass is 10.0. The Hall–Kier alpha value is -0.680. The molecule has 0 radical (unpaired) electrons. The van der Waals surface area contributed by atoms with Crippen molar-refractivity contribution in [2.75, 3.05) is 7.05 Å². The molecule has 0 saturated heterocycles. The summed E-state index contributed by atoms with van der Waals surface area (Å²) in [6.45, 7) is 3.06. The number of thiophene rings is 1. The summed E-state index contributed by atoms with van der Waals surface area (Å²) in [5.74, 6) is 0. The zero-order chi connectivity index (χ0) is 14.5. The molecule has 0 spiro atoms. The van der Waals surface area contributed by atoms with Gasteiger partial charge in [0.25, 0.3) is 0 Å². The van der Waals surface area contributed by atoms with E-state index in [-0.39, 0.29) is 12.1 Å². The number of hydrogen-bond acceptors (Lipinski definition) is 3. The molecule has 0 fully saturated rings. The maximum atomic E-state index is 6.34. The summed E-state index contributed by atoms with van der Waals surface area (Å²) in [7, 11) is 2.15. The lowest BCUT2D eigenvalue weighted by Crippen LogP contribution is -2.38. The number of benzene rings is 1. The second-order valence-corrected chi connectivity index (χ2v) is 6.97. The van der Waals surface area contributed by atoms with Crippen LogP contribution >= 0.6 is 27.3 Å². The van der Waals surface area contributed by atoms with Gasteiger partial charge in [0.05, 0.1) is 6.04 Å². The van der Waals surface area contributed by atoms with Crippen LogP contribution in [-0.2, 0) is 6.54 Å². The molecule has 0 aliphatic carbocycles. The van der Waals surface area contributed by atoms with Crippen LogP contribution in [0.15, 0.2) is 46.3 Å². The highest BCUT2D eigenvalue weighted by molar-refractivity contribution is 9.10. The molecule has 108 valence electrons. The molecular weight excluding hydrogens is 332 g/mol. The minimum atomic E-state index is 0.161. The van der Waals surface area contributed by atoms with Gasteiger partial charge in [0.2, 0.25) is 0 Å². The number of likely N-dealkylation sites (N-methyl/N-ethyl adjacent to an activating group) is 1. The molecule has 2 aromatic rings. The first kappa shape index (κ1) is 15.7. The fourth-order valence-electron chi connectivity index (χ4n) is 2.41. The van der Waals surface area contributed by atoms with Crippen LogP contribution in [0, 0.1) is 0 Å². The van der Waals surface area contributed by atoms with Crippen LogP contribution < -0.4 is 5.73 Å². The third-order valence-corrected chi connectivity index (χ3v) is 5.00. The summed E-state index contributed by atoms with van der Waals surface area (Å²) in [6, 6.07) is 13.2. The van der Waals surface area contributed by atoms with E-state index in [1.165, 1.54) is 10.4 Å². The minimum absolute atomic E-state index is 0.161. The molecule has 20 heavy (non-hydrogen) atoms. The summed E-state index contributed by atoms with van der Waals surface area (Å²) in [5.41, 5.74) is 7.65. The van der Waals surface area contributed by atoms with Gasteiger partial charge in [-0.1, -0.05) is 41.1 Å². The predicted molar refractivity (Wildman–Crippen MR) is 90.9 cm³/mol. The van der Waals surface area contributed by atoms with Gasteiger partial charge in [0.1, 0.15) is 0 Å². The number of hydrogen-bond donors (Lipinski definition) is 1. The Morgan fingerprint density at radius 3 is 2.50 bits per heavy atom. The first-order chi connectivity index (χ1) is 9.61. The summed E-state index contributed by atoms with van der Waals surface area (Å²) in [5, 5.41) is 2.12. The van der Waals surface area contributed by atoms with E-state index < -0.39 is 0 Å². The molecule has 0 bridgehead atoms. The second kappa shape index (κ2) is 7.36. The second-order valence-electron chi connectivity index (χ2n) is 5.07. The third-order valence-electron chi connectivity index (χ3n) is 3.53. The highest BCUT2D eigenvalue weighted by Gasteiger charge is 2.23. The molecule has 1 aromatic carbocycles. The molecular formula is C16H21BrN2S. The molecule has 0 amide bonds. The molecule has 1 heterocycles. The molecule has 2 unspecified atom stereocenters. The first-order valence-electron chi connectivity index (χ1n) is 6.85. The Labute approximate surface area is 133 Å². The van der Waals surface area contributed by atoms with Crippen LogP contribution in [-0.4, -0.2) is 18.0 Å². The van der Waals surface area contributed by atoms with Gasteiger partial charge >= 0.3 is 0 Å². The number of rotatable bonds is 6. The third kappa shape index (κ3) is 3.92. The fraction of sp³-hybridized carbons (Fsp3) is 0.375. The molecule has 2 N–H and O–H groups in total. The van der Waals surface area contributed by atoms with E-state index in [4.69, 9.17) is 5.73 Å². The van der Waals surface area contributed by atoms with Gasteiger partial charge in [-0.25, -0.2) is 0 Å². The average molecular weight is 353 g/mol. The molecule has 0 aliphatic rings. The lowest BCUT2D eigenvalue weighted by Gasteiger charge is -2.31. The molecule has 1 aromatic heterocycles. The van der Waals surface area contributed by atoms with Crippen molar-refractivity contribution in [2.45, 2.75) is 32.0 Å². The van der Waals surface area contributed by atoms with Crippen molar-refractivity contribution >= 4 is 27.3 Å². The molecule has 2 atom stereocenters. The highest BCUT2D eigenvalue weighted by atomic mass is 79.9. The van der Waals surface area contributed by atoms with E-state index in [2.05, 4.69) is 76.6 Å². The molecule has 2 rings (SSSR count). The predicted octanol–water partition coefficient (Wildman–Crippen LogP) is 4.42. The topological polar surface area (TPSA) is 29.3 Å². The lowest BCUT2D eigenvalue weighted by molar-refractivity contribution is 0.205. The van der Waals surface area contributed by atoms with Gasteiger partial charge in [-0.2, -0.15) is 0 Å². The van der Waals surface area contributed by atoms with Crippen LogP contribution in [0.4, 0.5) is 0 Å². The molecule has 2 nitrogen and oxygen atoms in total. The van der Waals surface area contributed by atoms with Crippen molar-refractivity contribution < 1.29 is 0 Å². The van der Waals surface area contributed by atoms with E-state index in [0.29, 0.717) is 0 Å². The quantitative estimate of drug-likeness (QED) is 0.833. The van der Waals surface area contributed by atoms with Crippen LogP contribution in [0.25, 0.3) is 0 Å². The van der Waals surface area contributed by atoms with E-state index in [9.17, 15) is 0 Å². The van der Waals surface area contributed by atoms with Gasteiger partial charge < -0.3 is 5.73 Å². The Bertz CT molecular complexity index is 510. The number of nitrogens with zero attached hydrogens (tertiary/aromatic N) is 1. The summed E-state index contributed by atoms with van der Waals surface area (Å²) < 4.78 is 1.11. The summed E-state index contributed by atoms with van der Waals surface area (Å²) in [4.78, 5) is 3.70. The number of nitrogens with two attached hydrogens (primary N) is 1. The standard InChI is InChI=1S/C16H21BrN2S/c1-3-14(18)16(15-5-4-10-20-15)19(2)11-12-6-8-13(17)9-7-12/h4-10,14,16H,3,11,18H2,1-2H3. The van der Waals surface area contributed by atoms with Crippen LogP contribution in [0.1, 0.15) is 29.8 Å². The summed E-state index contributed by atoms with van der Waals surface area (Å²) in [6.07, 6.45) is 0.979. The fourth-order valence-corrected chi connectivity index (χ4v) is 3.64. The van der Waals surface area contributed by atoms with Crippen molar-refractivity contribution in [1.82, 2.24) is 4.90 Å². The van der Waals surface area contributed by atoms with Crippen LogP contribution in [0.2, 0.25) is 0 Å². The normalized spacial score (nSPS) is 14.4. The van der Waals surface area contributed by atoms with E-state index >= 15 is 0 Å². The van der Waals surface area contributed by atoms with Crippen LogP contribution in [0.3, 0.4) is 0 Å². The van der Waals surface area contributed by atoms with Gasteiger partial charge in [0.15, 0.2) is 0 Å². The zero-order valence-electron chi connectivity index (χ0n) is 11.9. The largest absolute Gasteiger partial charge is 0.326 e. The van der Waals surface area contributed by atoms with Crippen molar-refractivity contribution in [3.63, 3.8) is 0 Å². The monoisotopic (exact) mass is 352 g/mol. The molecule has 0 aliphatic heterocycles. The molecule has 0 saturated carbocycles. The van der Waals surface area contributed by atoms with Crippen molar-refractivity contribution in [1.29, 1.82) is 0 Å². The Morgan fingerprint density at radius 2 is 1.95 bits per heavy atom. The van der Waals surface area contributed by atoms with E-state index in [0.717, 1.165) is 17.4 Å². The Balaban J connectivity index is 2.14. The highest BCUT2D eigenvalue weighted by Crippen LogP contribution is 2.29. The maximum absolute atomic E-state index is 6.34.